The first-order valence-electron chi connectivity index (χ1n) is 12.3. The van der Waals surface area contributed by atoms with Gasteiger partial charge in [-0.2, -0.15) is 5.10 Å². The van der Waals surface area contributed by atoms with E-state index in [0.29, 0.717) is 25.4 Å². The molecule has 0 radical (unpaired) electrons. The third-order valence-corrected chi connectivity index (χ3v) is 6.74. The molecule has 5 nitrogen and oxygen atoms in total. The van der Waals surface area contributed by atoms with E-state index in [9.17, 15) is 4.79 Å². The van der Waals surface area contributed by atoms with E-state index in [4.69, 9.17) is 5.10 Å². The molecule has 1 saturated carbocycles. The highest BCUT2D eigenvalue weighted by molar-refractivity contribution is 5.76. The Morgan fingerprint density at radius 3 is 2.52 bits per heavy atom. The fraction of sp³-hybridized carbons (Fsp3) is 0.429. The van der Waals surface area contributed by atoms with Gasteiger partial charge in [-0.3, -0.25) is 4.79 Å². The molecule has 5 heteroatoms. The normalized spacial score (nSPS) is 14.5. The second kappa shape index (κ2) is 11.3. The van der Waals surface area contributed by atoms with Crippen molar-refractivity contribution >= 4 is 5.91 Å². The van der Waals surface area contributed by atoms with Gasteiger partial charge < -0.3 is 10.2 Å². The van der Waals surface area contributed by atoms with Crippen LogP contribution >= 0.6 is 0 Å². The smallest absolute Gasteiger partial charge is 0.220 e. The van der Waals surface area contributed by atoms with Crippen LogP contribution in [0.25, 0.3) is 16.9 Å². The zero-order chi connectivity index (χ0) is 23.0. The van der Waals surface area contributed by atoms with E-state index in [2.05, 4.69) is 54.7 Å². The van der Waals surface area contributed by atoms with Crippen molar-refractivity contribution < 1.29 is 4.79 Å². The van der Waals surface area contributed by atoms with E-state index in [1.54, 1.807) is 0 Å². The van der Waals surface area contributed by atoms with Gasteiger partial charge in [-0.15, -0.1) is 0 Å². The van der Waals surface area contributed by atoms with Gasteiger partial charge >= 0.3 is 0 Å². The minimum absolute atomic E-state index is 0.106. The maximum atomic E-state index is 12.6. The number of hydrogen-bond acceptors (Lipinski definition) is 3. The Hall–Kier alpha value is -2.92. The number of nitrogens with one attached hydrogen (secondary N) is 1. The van der Waals surface area contributed by atoms with E-state index in [0.717, 1.165) is 29.1 Å². The van der Waals surface area contributed by atoms with Crippen molar-refractivity contribution in [3.63, 3.8) is 0 Å². The van der Waals surface area contributed by atoms with Crippen LogP contribution in [0.3, 0.4) is 0 Å². The molecule has 1 fully saturated rings. The number of amides is 1. The molecule has 174 valence electrons. The van der Waals surface area contributed by atoms with Gasteiger partial charge in [0.1, 0.15) is 0 Å². The van der Waals surface area contributed by atoms with Gasteiger partial charge in [0.25, 0.3) is 0 Å². The summed E-state index contributed by atoms with van der Waals surface area (Å²) < 4.78 is 1.92. The first-order chi connectivity index (χ1) is 16.1. The molecule has 0 spiro atoms. The molecule has 33 heavy (non-hydrogen) atoms. The molecule has 0 atom stereocenters. The summed E-state index contributed by atoms with van der Waals surface area (Å²) >= 11 is 0. The van der Waals surface area contributed by atoms with Crippen molar-refractivity contribution in [1.82, 2.24) is 20.0 Å². The van der Waals surface area contributed by atoms with E-state index in [1.165, 1.54) is 37.7 Å². The maximum absolute atomic E-state index is 12.6. The molecule has 3 aromatic rings. The van der Waals surface area contributed by atoms with E-state index in [1.807, 2.05) is 35.0 Å². The quantitative estimate of drug-likeness (QED) is 0.496. The molecule has 1 aromatic heterocycles. The molecule has 1 N–H and O–H groups in total. The van der Waals surface area contributed by atoms with Crippen LogP contribution in [-0.4, -0.2) is 46.8 Å². The topological polar surface area (TPSA) is 50.2 Å². The SMILES string of the molecule is Cc1ccc(-c2nn(-c3ccccc3)cc2CCC(=O)NCCN(C)C2CCCCC2)cc1. The van der Waals surface area contributed by atoms with Gasteiger partial charge in [0.15, 0.2) is 0 Å². The number of para-hydroxylation sites is 1. The van der Waals surface area contributed by atoms with Gasteiger partial charge in [-0.1, -0.05) is 67.3 Å². The average molecular weight is 445 g/mol. The van der Waals surface area contributed by atoms with E-state index < -0.39 is 0 Å². The Kier molecular flexibility index (Phi) is 7.95. The van der Waals surface area contributed by atoms with Crippen LogP contribution in [0, 0.1) is 6.92 Å². The Labute approximate surface area is 197 Å². The average Bonchev–Trinajstić information content (AvgIpc) is 3.28. The van der Waals surface area contributed by atoms with E-state index >= 15 is 0 Å². The molecule has 0 aliphatic heterocycles. The summed E-state index contributed by atoms with van der Waals surface area (Å²) in [7, 11) is 2.19. The molecule has 0 unspecified atom stereocenters. The van der Waals surface area contributed by atoms with Gasteiger partial charge in [-0.05, 0) is 50.9 Å². The fourth-order valence-corrected chi connectivity index (χ4v) is 4.67. The zero-order valence-corrected chi connectivity index (χ0v) is 20.0. The lowest BCUT2D eigenvalue weighted by molar-refractivity contribution is -0.121. The lowest BCUT2D eigenvalue weighted by Crippen LogP contribution is -2.39. The number of carbonyl (C=O) groups is 1. The lowest BCUT2D eigenvalue weighted by Gasteiger charge is -2.31. The van der Waals surface area contributed by atoms with Crippen LogP contribution in [0.4, 0.5) is 0 Å². The monoisotopic (exact) mass is 444 g/mol. The third kappa shape index (κ3) is 6.32. The Balaban J connectivity index is 1.37. The summed E-state index contributed by atoms with van der Waals surface area (Å²) in [4.78, 5) is 15.0. The van der Waals surface area contributed by atoms with Crippen molar-refractivity contribution in [3.8, 4) is 16.9 Å². The van der Waals surface area contributed by atoms with Gasteiger partial charge in [-0.25, -0.2) is 4.68 Å². The molecule has 1 aliphatic rings. The maximum Gasteiger partial charge on any atom is 0.220 e. The van der Waals surface area contributed by atoms with Crippen molar-refractivity contribution in [3.05, 3.63) is 71.9 Å². The van der Waals surface area contributed by atoms with E-state index in [-0.39, 0.29) is 5.91 Å². The first kappa shape index (κ1) is 23.2. The van der Waals surface area contributed by atoms with Crippen LogP contribution in [0.15, 0.2) is 60.8 Å². The fourth-order valence-electron chi connectivity index (χ4n) is 4.67. The molecular formula is C28H36N4O. The van der Waals surface area contributed by atoms with Crippen LogP contribution in [0.1, 0.15) is 49.7 Å². The minimum atomic E-state index is 0.106. The van der Waals surface area contributed by atoms with Crippen molar-refractivity contribution in [2.75, 3.05) is 20.1 Å². The zero-order valence-electron chi connectivity index (χ0n) is 20.0. The van der Waals surface area contributed by atoms with Gasteiger partial charge in [0.2, 0.25) is 5.91 Å². The third-order valence-electron chi connectivity index (χ3n) is 6.74. The highest BCUT2D eigenvalue weighted by Gasteiger charge is 2.18. The number of aryl methyl sites for hydroxylation is 2. The van der Waals surface area contributed by atoms with Gasteiger partial charge in [0.05, 0.1) is 11.4 Å². The molecule has 0 saturated heterocycles. The number of rotatable bonds is 9. The Morgan fingerprint density at radius 2 is 1.79 bits per heavy atom. The summed E-state index contributed by atoms with van der Waals surface area (Å²) in [5.74, 6) is 0.106. The van der Waals surface area contributed by atoms with Crippen molar-refractivity contribution in [2.24, 2.45) is 0 Å². The number of likely N-dealkylation sites (N-methyl/N-ethyl adjacent to an activating group) is 1. The number of aromatic nitrogens is 2. The lowest BCUT2D eigenvalue weighted by atomic mass is 9.94. The highest BCUT2D eigenvalue weighted by Crippen LogP contribution is 2.25. The Bertz CT molecular complexity index is 1020. The summed E-state index contributed by atoms with van der Waals surface area (Å²) in [5.41, 5.74) is 5.37. The predicted molar refractivity (Wildman–Crippen MR) is 135 cm³/mol. The van der Waals surface area contributed by atoms with Crippen LogP contribution < -0.4 is 5.32 Å². The molecule has 1 aliphatic carbocycles. The number of nitrogens with zero attached hydrogens (tertiary/aromatic N) is 3. The molecular weight excluding hydrogens is 408 g/mol. The first-order valence-corrected chi connectivity index (χ1v) is 12.3. The second-order valence-corrected chi connectivity index (χ2v) is 9.27. The summed E-state index contributed by atoms with van der Waals surface area (Å²) in [5, 5.41) is 7.99. The molecule has 4 rings (SSSR count). The largest absolute Gasteiger partial charge is 0.355 e. The standard InChI is InChI=1S/C28H36N4O/c1-22-13-15-23(16-14-22)28-24(21-32(30-28)26-11-7-4-8-12-26)17-18-27(33)29-19-20-31(2)25-9-5-3-6-10-25/h4,7-8,11-16,21,25H,3,5-6,9-10,17-20H2,1-2H3,(H,29,33). The molecule has 2 aromatic carbocycles. The molecule has 1 heterocycles. The van der Waals surface area contributed by atoms with Gasteiger partial charge in [0, 0.05) is 37.3 Å². The summed E-state index contributed by atoms with van der Waals surface area (Å²) in [6.07, 6.45) is 9.81. The predicted octanol–water partition coefficient (Wildman–Crippen LogP) is 5.16. The summed E-state index contributed by atoms with van der Waals surface area (Å²) in [6, 6.07) is 19.2. The molecule has 1 amide bonds. The molecule has 0 bridgehead atoms. The number of carbonyl (C=O) groups excluding carboxylic acids is 1. The second-order valence-electron chi connectivity index (χ2n) is 9.27. The minimum Gasteiger partial charge on any atom is -0.355 e. The number of benzene rings is 2. The van der Waals surface area contributed by atoms with Crippen LogP contribution in [0.2, 0.25) is 0 Å². The van der Waals surface area contributed by atoms with Crippen LogP contribution in [-0.2, 0) is 11.2 Å². The Morgan fingerprint density at radius 1 is 1.06 bits per heavy atom. The van der Waals surface area contributed by atoms with Crippen LogP contribution in [0.5, 0.6) is 0 Å². The highest BCUT2D eigenvalue weighted by atomic mass is 16.1. The number of hydrogen-bond donors (Lipinski definition) is 1. The summed E-state index contributed by atoms with van der Waals surface area (Å²) in [6.45, 7) is 3.71. The van der Waals surface area contributed by atoms with Crippen molar-refractivity contribution in [2.45, 2.75) is 57.9 Å². The van der Waals surface area contributed by atoms with Crippen molar-refractivity contribution in [1.29, 1.82) is 0 Å².